The van der Waals surface area contributed by atoms with Crippen LogP contribution in [0.15, 0.2) is 28.5 Å². The van der Waals surface area contributed by atoms with Crippen LogP contribution in [-0.4, -0.2) is 88.9 Å². The Morgan fingerprint density at radius 3 is 2.87 bits per heavy atom. The fourth-order valence-electron chi connectivity index (χ4n) is 3.85. The van der Waals surface area contributed by atoms with E-state index in [0.717, 1.165) is 27.5 Å². The van der Waals surface area contributed by atoms with Gasteiger partial charge >= 0.3 is 5.97 Å². The molecule has 4 rings (SSSR count). The summed E-state index contributed by atoms with van der Waals surface area (Å²) < 4.78 is -1.23. The minimum atomic E-state index is -1.29. The summed E-state index contributed by atoms with van der Waals surface area (Å²) in [5.74, 6) is -0.758. The summed E-state index contributed by atoms with van der Waals surface area (Å²) in [6.45, 7) is 1.88. The molecule has 0 saturated carbocycles. The van der Waals surface area contributed by atoms with Crippen molar-refractivity contribution < 1.29 is 24.7 Å². The van der Waals surface area contributed by atoms with E-state index in [9.17, 15) is 24.7 Å². The number of oxime groups is 1. The predicted molar refractivity (Wildman–Crippen MR) is 150 cm³/mol. The van der Waals surface area contributed by atoms with Crippen molar-refractivity contribution >= 4 is 86.9 Å². The number of nitrogen functional groups attached to an aromatic ring is 1. The standard InChI is InChI=1S/C21H24ClN7O5S4/c1-9(23)5-35-6-10-4-25-3-2-11(10)38-21(19(32)33)7-29-17(31)14(18(29)36-8-21)26-16(30)13(28-34)12-15(22)37-20(24)27-12/h2-4,9,14,18,34H,5-8,23H2,1H3,(H2,24,27)(H,26,30)(H,32,33)/t9?,14-,18-,21?/m1/s1. The van der Waals surface area contributed by atoms with Crippen LogP contribution in [0.2, 0.25) is 4.34 Å². The van der Waals surface area contributed by atoms with E-state index >= 15 is 0 Å². The van der Waals surface area contributed by atoms with Crippen molar-refractivity contribution in [3.05, 3.63) is 34.1 Å². The Hall–Kier alpha value is -2.24. The van der Waals surface area contributed by atoms with Crippen LogP contribution in [0.5, 0.6) is 0 Å². The normalized spacial score (nSPS) is 23.9. The summed E-state index contributed by atoms with van der Waals surface area (Å²) in [7, 11) is 0. The lowest BCUT2D eigenvalue weighted by atomic mass is 10.0. The van der Waals surface area contributed by atoms with Crippen molar-refractivity contribution in [2.75, 3.05) is 23.8 Å². The number of halogens is 1. The number of carbonyl (C=O) groups excluding carboxylic acids is 2. The van der Waals surface area contributed by atoms with Crippen LogP contribution >= 0.6 is 58.2 Å². The molecule has 2 aromatic heterocycles. The quantitative estimate of drug-likeness (QED) is 0.112. The van der Waals surface area contributed by atoms with E-state index in [1.54, 1.807) is 30.2 Å². The number of anilines is 1. The number of nitrogens with two attached hydrogens (primary N) is 2. The molecular weight excluding hydrogens is 594 g/mol. The number of hydrogen-bond acceptors (Lipinski definition) is 13. The lowest BCUT2D eigenvalue weighted by Gasteiger charge is -2.53. The van der Waals surface area contributed by atoms with E-state index in [1.807, 2.05) is 6.92 Å². The summed E-state index contributed by atoms with van der Waals surface area (Å²) >= 11 is 11.0. The first kappa shape index (κ1) is 28.8. The Balaban J connectivity index is 1.45. The first-order valence-corrected chi connectivity index (χ1v) is 15.3. The van der Waals surface area contributed by atoms with Gasteiger partial charge in [0.1, 0.15) is 26.2 Å². The average Bonchev–Trinajstić information content (AvgIpc) is 3.20. The Morgan fingerprint density at radius 2 is 2.24 bits per heavy atom. The van der Waals surface area contributed by atoms with E-state index in [4.69, 9.17) is 23.1 Å². The smallest absolute Gasteiger partial charge is 0.322 e. The van der Waals surface area contributed by atoms with Gasteiger partial charge in [0.15, 0.2) is 10.8 Å². The number of amides is 2. The fourth-order valence-corrected chi connectivity index (χ4v) is 8.73. The molecule has 4 heterocycles. The predicted octanol–water partition coefficient (Wildman–Crippen LogP) is 1.55. The molecule has 2 amide bonds. The summed E-state index contributed by atoms with van der Waals surface area (Å²) in [5, 5.41) is 24.7. The highest BCUT2D eigenvalue weighted by atomic mass is 35.5. The number of hydrogen-bond donors (Lipinski definition) is 5. The third-order valence-electron chi connectivity index (χ3n) is 5.68. The van der Waals surface area contributed by atoms with Crippen LogP contribution in [0, 0.1) is 0 Å². The van der Waals surface area contributed by atoms with Gasteiger partial charge in [-0.05, 0) is 18.6 Å². The van der Waals surface area contributed by atoms with Gasteiger partial charge in [-0.3, -0.25) is 19.4 Å². The van der Waals surface area contributed by atoms with Crippen molar-refractivity contribution in [3.8, 4) is 0 Å². The minimum Gasteiger partial charge on any atom is -0.480 e. The van der Waals surface area contributed by atoms with Crippen LogP contribution in [0.4, 0.5) is 5.13 Å². The first-order valence-electron chi connectivity index (χ1n) is 11.1. The number of carboxylic acid groups (broad SMARTS) is 1. The molecule has 204 valence electrons. The molecule has 2 aromatic rings. The number of aromatic nitrogens is 2. The third-order valence-corrected chi connectivity index (χ3v) is 11.2. The van der Waals surface area contributed by atoms with Gasteiger partial charge < -0.3 is 32.0 Å². The van der Waals surface area contributed by atoms with Gasteiger partial charge in [0.2, 0.25) is 5.91 Å². The van der Waals surface area contributed by atoms with E-state index in [-0.39, 0.29) is 33.5 Å². The molecule has 38 heavy (non-hydrogen) atoms. The van der Waals surface area contributed by atoms with Crippen LogP contribution in [0.1, 0.15) is 18.2 Å². The molecule has 2 saturated heterocycles. The number of rotatable bonds is 10. The average molecular weight is 618 g/mol. The van der Waals surface area contributed by atoms with Gasteiger partial charge in [0.05, 0.1) is 0 Å². The van der Waals surface area contributed by atoms with Gasteiger partial charge in [-0.25, -0.2) is 4.98 Å². The fraction of sp³-hybridized carbons (Fsp3) is 0.429. The number of nitrogens with one attached hydrogen (secondary N) is 1. The zero-order valence-electron chi connectivity index (χ0n) is 19.9. The van der Waals surface area contributed by atoms with Gasteiger partial charge in [-0.15, -0.1) is 23.5 Å². The topological polar surface area (TPSA) is 197 Å². The molecule has 0 aromatic carbocycles. The molecule has 4 atom stereocenters. The lowest BCUT2D eigenvalue weighted by molar-refractivity contribution is -0.151. The second-order valence-electron chi connectivity index (χ2n) is 8.62. The van der Waals surface area contributed by atoms with Crippen LogP contribution in [0.3, 0.4) is 0 Å². The Labute approximate surface area is 239 Å². The Kier molecular flexibility index (Phi) is 8.99. The Morgan fingerprint density at radius 1 is 1.47 bits per heavy atom. The second-order valence-corrected chi connectivity index (χ2v) is 13.8. The minimum absolute atomic E-state index is 0.0343. The molecule has 0 aliphatic carbocycles. The maximum Gasteiger partial charge on any atom is 0.322 e. The molecule has 2 aliphatic heterocycles. The van der Waals surface area contributed by atoms with E-state index < -0.39 is 39.7 Å². The molecule has 2 fully saturated rings. The molecule has 2 unspecified atom stereocenters. The van der Waals surface area contributed by atoms with Crippen LogP contribution < -0.4 is 16.8 Å². The lowest BCUT2D eigenvalue weighted by Crippen LogP contribution is -2.74. The molecule has 7 N–H and O–H groups in total. The number of fused-ring (bicyclic) bond motifs is 1. The summed E-state index contributed by atoms with van der Waals surface area (Å²) in [5.41, 5.74) is 11.8. The summed E-state index contributed by atoms with van der Waals surface area (Å²) in [6, 6.07) is 0.884. The number of carbonyl (C=O) groups is 3. The number of pyridine rings is 1. The van der Waals surface area contributed by atoms with Crippen molar-refractivity contribution in [1.82, 2.24) is 20.2 Å². The number of thioether (sulfide) groups is 3. The largest absolute Gasteiger partial charge is 0.480 e. The van der Waals surface area contributed by atoms with Gasteiger partial charge in [0, 0.05) is 47.1 Å². The first-order chi connectivity index (χ1) is 18.1. The van der Waals surface area contributed by atoms with E-state index in [1.165, 1.54) is 28.4 Å². The van der Waals surface area contributed by atoms with Crippen molar-refractivity contribution in [2.24, 2.45) is 10.9 Å². The van der Waals surface area contributed by atoms with Crippen molar-refractivity contribution in [3.63, 3.8) is 0 Å². The van der Waals surface area contributed by atoms with Gasteiger partial charge in [-0.1, -0.05) is 28.1 Å². The van der Waals surface area contributed by atoms with Gasteiger partial charge in [-0.2, -0.15) is 11.8 Å². The third kappa shape index (κ3) is 5.84. The highest BCUT2D eigenvalue weighted by Crippen LogP contribution is 2.47. The number of nitrogens with zero attached hydrogens (tertiary/aromatic N) is 4. The van der Waals surface area contributed by atoms with E-state index in [2.05, 4.69) is 20.4 Å². The molecule has 0 spiro atoms. The highest BCUT2D eigenvalue weighted by Gasteiger charge is 2.58. The number of thiazole rings is 1. The number of carboxylic acids is 1. The Bertz CT molecular complexity index is 1280. The molecular formula is C21H24ClN7O5S4. The van der Waals surface area contributed by atoms with Gasteiger partial charge in [0.25, 0.3) is 5.91 Å². The molecule has 17 heteroatoms. The SMILES string of the molecule is CC(N)CSCc1cnccc1SC1(C(=O)O)CS[C@@H]2[C@H](NC(=O)C(=NO)c3nc(N)sc3Cl)C(=O)N2C1. The van der Waals surface area contributed by atoms with E-state index in [0.29, 0.717) is 5.75 Å². The highest BCUT2D eigenvalue weighted by molar-refractivity contribution is 8.05. The zero-order chi connectivity index (χ0) is 27.6. The van der Waals surface area contributed by atoms with Crippen molar-refractivity contribution in [2.45, 2.75) is 39.8 Å². The molecule has 2 aliphatic rings. The number of β-lactam (4-membered cyclic amide) rings is 1. The molecule has 0 bridgehead atoms. The van der Waals surface area contributed by atoms with Crippen LogP contribution in [0.25, 0.3) is 0 Å². The number of aliphatic carboxylic acids is 1. The van der Waals surface area contributed by atoms with Crippen LogP contribution in [-0.2, 0) is 20.1 Å². The summed E-state index contributed by atoms with van der Waals surface area (Å²) in [4.78, 5) is 48.6. The van der Waals surface area contributed by atoms with Crippen molar-refractivity contribution in [1.29, 1.82) is 0 Å². The molecule has 0 radical (unpaired) electrons. The maximum atomic E-state index is 13.0. The summed E-state index contributed by atoms with van der Waals surface area (Å²) in [6.07, 6.45) is 3.33. The second kappa shape index (κ2) is 11.9. The molecule has 12 nitrogen and oxygen atoms in total. The maximum absolute atomic E-state index is 13.0. The zero-order valence-corrected chi connectivity index (χ0v) is 23.9. The monoisotopic (exact) mass is 617 g/mol.